The molecular formula is C10H16N4O2S. The van der Waals surface area contributed by atoms with E-state index in [0.29, 0.717) is 12.4 Å². The standard InChI is InChI=1S/C10H16N4O2S/c1-10(4-5-10)7-13-17(15,16)8-2-3-9(14-11)12-6-8/h2-3,6,13H,4-5,7,11H2,1H3,(H,12,14). The third kappa shape index (κ3) is 2.93. The van der Waals surface area contributed by atoms with Gasteiger partial charge in [0.1, 0.15) is 10.7 Å². The van der Waals surface area contributed by atoms with Crippen LogP contribution in [-0.4, -0.2) is 19.9 Å². The first-order chi connectivity index (χ1) is 7.95. The molecule has 17 heavy (non-hydrogen) atoms. The highest BCUT2D eigenvalue weighted by Gasteiger charge is 2.38. The summed E-state index contributed by atoms with van der Waals surface area (Å²) in [6.07, 6.45) is 3.43. The van der Waals surface area contributed by atoms with Gasteiger partial charge in [-0.2, -0.15) is 0 Å². The van der Waals surface area contributed by atoms with Crippen molar-refractivity contribution in [2.24, 2.45) is 11.3 Å². The highest BCUT2D eigenvalue weighted by Crippen LogP contribution is 2.44. The average molecular weight is 256 g/mol. The summed E-state index contributed by atoms with van der Waals surface area (Å²) in [5, 5.41) is 0. The van der Waals surface area contributed by atoms with Crippen molar-refractivity contribution in [2.45, 2.75) is 24.7 Å². The lowest BCUT2D eigenvalue weighted by atomic mass is 10.2. The number of nitrogens with one attached hydrogen (secondary N) is 2. The predicted octanol–water partition coefficient (Wildman–Crippen LogP) is 0.446. The molecule has 1 aromatic rings. The molecule has 1 saturated carbocycles. The summed E-state index contributed by atoms with van der Waals surface area (Å²) < 4.78 is 26.4. The molecule has 94 valence electrons. The van der Waals surface area contributed by atoms with Gasteiger partial charge in [0.2, 0.25) is 10.0 Å². The van der Waals surface area contributed by atoms with Gasteiger partial charge in [-0.25, -0.2) is 24.0 Å². The van der Waals surface area contributed by atoms with Crippen molar-refractivity contribution < 1.29 is 8.42 Å². The molecule has 1 heterocycles. The molecule has 0 unspecified atom stereocenters. The first-order valence-corrected chi connectivity index (χ1v) is 6.86. The fourth-order valence-corrected chi connectivity index (χ4v) is 2.51. The zero-order valence-corrected chi connectivity index (χ0v) is 10.4. The zero-order chi connectivity index (χ0) is 12.5. The van der Waals surface area contributed by atoms with E-state index in [0.717, 1.165) is 12.8 Å². The van der Waals surface area contributed by atoms with Crippen LogP contribution in [-0.2, 0) is 10.0 Å². The summed E-state index contributed by atoms with van der Waals surface area (Å²) in [5.41, 5.74) is 2.48. The van der Waals surface area contributed by atoms with Gasteiger partial charge in [-0.15, -0.1) is 0 Å². The number of pyridine rings is 1. The van der Waals surface area contributed by atoms with Gasteiger partial charge in [0.15, 0.2) is 0 Å². The van der Waals surface area contributed by atoms with E-state index in [2.05, 4.69) is 22.1 Å². The predicted molar refractivity (Wildman–Crippen MR) is 64.6 cm³/mol. The summed E-state index contributed by atoms with van der Waals surface area (Å²) in [6, 6.07) is 2.99. The van der Waals surface area contributed by atoms with Crippen molar-refractivity contribution in [3.63, 3.8) is 0 Å². The Kier molecular flexibility index (Phi) is 3.07. The maximum Gasteiger partial charge on any atom is 0.242 e. The fourth-order valence-electron chi connectivity index (χ4n) is 1.37. The van der Waals surface area contributed by atoms with Gasteiger partial charge >= 0.3 is 0 Å². The number of aromatic nitrogens is 1. The Balaban J connectivity index is 2.07. The minimum atomic E-state index is -3.46. The lowest BCUT2D eigenvalue weighted by Crippen LogP contribution is -2.29. The molecule has 2 rings (SSSR count). The van der Waals surface area contributed by atoms with Crippen LogP contribution in [0.15, 0.2) is 23.2 Å². The number of anilines is 1. The number of nitrogens with zero attached hydrogens (tertiary/aromatic N) is 1. The van der Waals surface area contributed by atoms with E-state index >= 15 is 0 Å². The number of nitrogen functional groups attached to an aromatic ring is 1. The SMILES string of the molecule is CC1(CNS(=O)(=O)c2ccc(NN)nc2)CC1. The molecule has 1 aliphatic rings. The van der Waals surface area contributed by atoms with Crippen molar-refractivity contribution in [3.05, 3.63) is 18.3 Å². The van der Waals surface area contributed by atoms with E-state index in [9.17, 15) is 8.42 Å². The van der Waals surface area contributed by atoms with Gasteiger partial charge in [-0.1, -0.05) is 6.92 Å². The third-order valence-corrected chi connectivity index (χ3v) is 4.37. The summed E-state index contributed by atoms with van der Waals surface area (Å²) in [4.78, 5) is 4.02. The molecule has 6 nitrogen and oxygen atoms in total. The van der Waals surface area contributed by atoms with Gasteiger partial charge in [0.25, 0.3) is 0 Å². The van der Waals surface area contributed by atoms with E-state index in [1.54, 1.807) is 0 Å². The number of rotatable bonds is 5. The second-order valence-corrected chi connectivity index (χ2v) is 6.43. The molecule has 0 amide bonds. The van der Waals surface area contributed by atoms with Crippen molar-refractivity contribution >= 4 is 15.8 Å². The molecule has 0 saturated heterocycles. The molecule has 7 heteroatoms. The third-order valence-electron chi connectivity index (χ3n) is 2.99. The number of sulfonamides is 1. The van der Waals surface area contributed by atoms with Gasteiger partial charge in [-0.05, 0) is 30.4 Å². The zero-order valence-electron chi connectivity index (χ0n) is 9.60. The topological polar surface area (TPSA) is 97.1 Å². The van der Waals surface area contributed by atoms with Crippen LogP contribution in [0.5, 0.6) is 0 Å². The number of hydrogen-bond donors (Lipinski definition) is 3. The second-order valence-electron chi connectivity index (χ2n) is 4.66. The molecule has 4 N–H and O–H groups in total. The Labute approximate surface area is 101 Å². The maximum atomic E-state index is 11.9. The van der Waals surface area contributed by atoms with Crippen molar-refractivity contribution in [1.29, 1.82) is 0 Å². The van der Waals surface area contributed by atoms with E-state index < -0.39 is 10.0 Å². The Morgan fingerprint density at radius 1 is 1.47 bits per heavy atom. The van der Waals surface area contributed by atoms with Crippen LogP contribution in [0.4, 0.5) is 5.82 Å². The monoisotopic (exact) mass is 256 g/mol. The first-order valence-electron chi connectivity index (χ1n) is 5.38. The quantitative estimate of drug-likeness (QED) is 0.525. The minimum absolute atomic E-state index is 0.138. The van der Waals surface area contributed by atoms with Crippen molar-refractivity contribution in [2.75, 3.05) is 12.0 Å². The molecule has 0 aliphatic heterocycles. The van der Waals surface area contributed by atoms with Crippen LogP contribution >= 0.6 is 0 Å². The number of nitrogens with two attached hydrogens (primary N) is 1. The molecule has 0 aromatic carbocycles. The lowest BCUT2D eigenvalue weighted by molar-refractivity contribution is 0.530. The van der Waals surface area contributed by atoms with Crippen molar-refractivity contribution in [3.8, 4) is 0 Å². The summed E-state index contributed by atoms with van der Waals surface area (Å²) in [5.74, 6) is 5.58. The molecular weight excluding hydrogens is 240 g/mol. The highest BCUT2D eigenvalue weighted by atomic mass is 32.2. The highest BCUT2D eigenvalue weighted by molar-refractivity contribution is 7.89. The van der Waals surface area contributed by atoms with Gasteiger partial charge in [0, 0.05) is 12.7 Å². The average Bonchev–Trinajstić information content (AvgIpc) is 3.06. The van der Waals surface area contributed by atoms with Crippen LogP contribution in [0.25, 0.3) is 0 Å². The van der Waals surface area contributed by atoms with Crippen LogP contribution in [0.1, 0.15) is 19.8 Å². The number of hydrogen-bond acceptors (Lipinski definition) is 5. The molecule has 0 bridgehead atoms. The van der Waals surface area contributed by atoms with E-state index in [1.165, 1.54) is 18.3 Å². The van der Waals surface area contributed by atoms with Gasteiger partial charge in [-0.3, -0.25) is 0 Å². The number of hydrazine groups is 1. The van der Waals surface area contributed by atoms with E-state index in [-0.39, 0.29) is 10.3 Å². The molecule has 0 radical (unpaired) electrons. The molecule has 1 aliphatic carbocycles. The lowest BCUT2D eigenvalue weighted by Gasteiger charge is -2.10. The van der Waals surface area contributed by atoms with Crippen molar-refractivity contribution in [1.82, 2.24) is 9.71 Å². The molecule has 1 aromatic heterocycles. The molecule has 1 fully saturated rings. The largest absolute Gasteiger partial charge is 0.308 e. The Hall–Kier alpha value is -1.18. The van der Waals surface area contributed by atoms with E-state index in [1.807, 2.05) is 0 Å². The smallest absolute Gasteiger partial charge is 0.242 e. The maximum absolute atomic E-state index is 11.9. The van der Waals surface area contributed by atoms with Crippen LogP contribution in [0, 0.1) is 5.41 Å². The molecule has 0 spiro atoms. The minimum Gasteiger partial charge on any atom is -0.308 e. The van der Waals surface area contributed by atoms with Crippen LogP contribution in [0.2, 0.25) is 0 Å². The Morgan fingerprint density at radius 2 is 2.18 bits per heavy atom. The van der Waals surface area contributed by atoms with Crippen LogP contribution < -0.4 is 16.0 Å². The fraction of sp³-hybridized carbons (Fsp3) is 0.500. The summed E-state index contributed by atoms with van der Waals surface area (Å²) in [6.45, 7) is 2.54. The Morgan fingerprint density at radius 3 is 2.65 bits per heavy atom. The van der Waals surface area contributed by atoms with Crippen LogP contribution in [0.3, 0.4) is 0 Å². The van der Waals surface area contributed by atoms with Gasteiger partial charge in [0.05, 0.1) is 0 Å². The second kappa shape index (κ2) is 4.25. The summed E-state index contributed by atoms with van der Waals surface area (Å²) in [7, 11) is -3.46. The first kappa shape index (κ1) is 12.3. The Bertz CT molecular complexity index is 494. The molecule has 0 atom stereocenters. The van der Waals surface area contributed by atoms with E-state index in [4.69, 9.17) is 5.84 Å². The van der Waals surface area contributed by atoms with Gasteiger partial charge < -0.3 is 5.43 Å². The summed E-state index contributed by atoms with van der Waals surface area (Å²) >= 11 is 0. The normalized spacial score (nSPS) is 17.8.